The van der Waals surface area contributed by atoms with Gasteiger partial charge in [0.1, 0.15) is 6.04 Å². The molecule has 23 heavy (non-hydrogen) atoms. The largest absolute Gasteiger partial charge is 0.480 e. The Balaban J connectivity index is 2.21. The van der Waals surface area contributed by atoms with E-state index in [0.717, 1.165) is 12.8 Å². The molecule has 0 saturated heterocycles. The van der Waals surface area contributed by atoms with Crippen LogP contribution in [0.3, 0.4) is 0 Å². The fraction of sp³-hybridized carbons (Fsp3) is 0.467. The summed E-state index contributed by atoms with van der Waals surface area (Å²) in [4.78, 5) is 23.0. The minimum Gasteiger partial charge on any atom is -0.480 e. The van der Waals surface area contributed by atoms with E-state index in [0.29, 0.717) is 0 Å². The summed E-state index contributed by atoms with van der Waals surface area (Å²) in [5.74, 6) is -1.99. The first-order valence-corrected chi connectivity index (χ1v) is 8.85. The monoisotopic (exact) mass is 340 g/mol. The Morgan fingerprint density at radius 1 is 1.26 bits per heavy atom. The molecule has 1 aromatic carbocycles. The van der Waals surface area contributed by atoms with E-state index in [-0.39, 0.29) is 22.4 Å². The number of carbonyl (C=O) groups excluding carboxylic acids is 1. The molecule has 1 aliphatic rings. The number of hydrogen-bond acceptors (Lipinski definition) is 4. The van der Waals surface area contributed by atoms with Crippen molar-refractivity contribution in [3.05, 3.63) is 29.8 Å². The van der Waals surface area contributed by atoms with Crippen molar-refractivity contribution < 1.29 is 23.1 Å². The smallest absolute Gasteiger partial charge is 0.322 e. The van der Waals surface area contributed by atoms with Crippen LogP contribution in [0.15, 0.2) is 29.2 Å². The molecule has 1 aliphatic carbocycles. The van der Waals surface area contributed by atoms with Crippen molar-refractivity contribution in [2.75, 3.05) is 0 Å². The zero-order valence-corrected chi connectivity index (χ0v) is 13.8. The van der Waals surface area contributed by atoms with Crippen LogP contribution in [0.25, 0.3) is 0 Å². The zero-order valence-electron chi connectivity index (χ0n) is 12.9. The molecule has 3 N–H and O–H groups in total. The molecule has 0 radical (unpaired) electrons. The Morgan fingerprint density at radius 2 is 1.91 bits per heavy atom. The van der Waals surface area contributed by atoms with Crippen molar-refractivity contribution in [1.82, 2.24) is 10.0 Å². The lowest BCUT2D eigenvalue weighted by atomic mass is 10.1. The van der Waals surface area contributed by atoms with Gasteiger partial charge in [0, 0.05) is 11.6 Å². The lowest BCUT2D eigenvalue weighted by Crippen LogP contribution is -2.44. The highest BCUT2D eigenvalue weighted by molar-refractivity contribution is 7.89. The van der Waals surface area contributed by atoms with Gasteiger partial charge >= 0.3 is 5.97 Å². The highest BCUT2D eigenvalue weighted by Crippen LogP contribution is 2.20. The number of rotatable bonds is 7. The van der Waals surface area contributed by atoms with Crippen LogP contribution in [0, 0.1) is 5.92 Å². The van der Waals surface area contributed by atoms with Crippen molar-refractivity contribution in [3.8, 4) is 0 Å². The summed E-state index contributed by atoms with van der Waals surface area (Å²) >= 11 is 0. The van der Waals surface area contributed by atoms with E-state index in [4.69, 9.17) is 5.11 Å². The van der Waals surface area contributed by atoms with Gasteiger partial charge in [0.2, 0.25) is 10.0 Å². The molecular formula is C15H20N2O5S. The molecule has 0 unspecified atom stereocenters. The second-order valence-electron chi connectivity index (χ2n) is 5.96. The number of sulfonamides is 1. The van der Waals surface area contributed by atoms with Crippen LogP contribution in [-0.4, -0.2) is 37.5 Å². The number of hydrogen-bond donors (Lipinski definition) is 3. The number of carbonyl (C=O) groups is 2. The van der Waals surface area contributed by atoms with Crippen molar-refractivity contribution in [1.29, 1.82) is 0 Å². The van der Waals surface area contributed by atoms with Crippen molar-refractivity contribution in [2.45, 2.75) is 43.7 Å². The number of benzene rings is 1. The summed E-state index contributed by atoms with van der Waals surface area (Å²) in [6.07, 6.45) is 1.86. The average molecular weight is 340 g/mol. The van der Waals surface area contributed by atoms with Crippen LogP contribution in [0.1, 0.15) is 37.0 Å². The predicted octanol–water partition coefficient (Wildman–Crippen LogP) is 0.966. The normalized spacial score (nSPS) is 16.1. The Bertz CT molecular complexity index is 710. The first-order chi connectivity index (χ1) is 10.7. The molecule has 1 atom stereocenters. The zero-order chi connectivity index (χ0) is 17.2. The Kier molecular flexibility index (Phi) is 5.06. The number of nitrogens with one attached hydrogen (secondary N) is 2. The summed E-state index contributed by atoms with van der Waals surface area (Å²) in [6.45, 7) is 3.22. The molecule has 0 aliphatic heterocycles. The molecule has 126 valence electrons. The Hall–Kier alpha value is -1.93. The second-order valence-corrected chi connectivity index (χ2v) is 7.67. The van der Waals surface area contributed by atoms with E-state index in [1.54, 1.807) is 13.8 Å². The van der Waals surface area contributed by atoms with Crippen LogP contribution >= 0.6 is 0 Å². The summed E-state index contributed by atoms with van der Waals surface area (Å²) in [6, 6.07) is 4.49. The van der Waals surface area contributed by atoms with Gasteiger partial charge in [0.25, 0.3) is 5.91 Å². The third-order valence-corrected chi connectivity index (χ3v) is 4.97. The van der Waals surface area contributed by atoms with Gasteiger partial charge in [-0.3, -0.25) is 9.59 Å². The van der Waals surface area contributed by atoms with Crippen LogP contribution in [-0.2, 0) is 14.8 Å². The predicted molar refractivity (Wildman–Crippen MR) is 83.5 cm³/mol. The van der Waals surface area contributed by atoms with Gasteiger partial charge in [-0.2, -0.15) is 4.72 Å². The van der Waals surface area contributed by atoms with E-state index in [1.165, 1.54) is 24.3 Å². The first-order valence-electron chi connectivity index (χ1n) is 7.37. The maximum atomic E-state index is 12.4. The standard InChI is InChI=1S/C15H20N2O5S/c1-9(2)13(15(19)20)17-23(21,22)12-5-3-4-10(8-12)14(18)16-11-6-7-11/h3-5,8-9,11,13,17H,6-7H2,1-2H3,(H,16,18)(H,19,20)/t13-/m1/s1. The van der Waals surface area contributed by atoms with Crippen LogP contribution in [0.2, 0.25) is 0 Å². The molecule has 0 aromatic heterocycles. The first kappa shape index (κ1) is 17.4. The van der Waals surface area contributed by atoms with Gasteiger partial charge in [-0.15, -0.1) is 0 Å². The molecule has 1 fully saturated rings. The van der Waals surface area contributed by atoms with Gasteiger partial charge in [-0.1, -0.05) is 19.9 Å². The third kappa shape index (κ3) is 4.52. The summed E-state index contributed by atoms with van der Waals surface area (Å²) in [5, 5.41) is 11.9. The Labute approximate surface area is 135 Å². The lowest BCUT2D eigenvalue weighted by Gasteiger charge is -2.18. The number of amides is 1. The molecular weight excluding hydrogens is 320 g/mol. The molecule has 2 rings (SSSR count). The molecule has 0 spiro atoms. The maximum absolute atomic E-state index is 12.4. The lowest BCUT2D eigenvalue weighted by molar-refractivity contribution is -0.140. The second kappa shape index (κ2) is 6.67. The van der Waals surface area contributed by atoms with Crippen molar-refractivity contribution in [3.63, 3.8) is 0 Å². The summed E-state index contributed by atoms with van der Waals surface area (Å²) in [5.41, 5.74) is 0.233. The van der Waals surface area contributed by atoms with Gasteiger partial charge < -0.3 is 10.4 Å². The van der Waals surface area contributed by atoms with Crippen LogP contribution in [0.4, 0.5) is 0 Å². The number of carboxylic acid groups (broad SMARTS) is 1. The molecule has 0 bridgehead atoms. The van der Waals surface area contributed by atoms with Crippen molar-refractivity contribution in [2.24, 2.45) is 5.92 Å². The maximum Gasteiger partial charge on any atom is 0.322 e. The van der Waals surface area contributed by atoms with Gasteiger partial charge in [-0.25, -0.2) is 8.42 Å². The quantitative estimate of drug-likeness (QED) is 0.684. The fourth-order valence-corrected chi connectivity index (χ4v) is 3.39. The molecule has 7 nitrogen and oxygen atoms in total. The molecule has 0 heterocycles. The minimum atomic E-state index is -4.03. The SMILES string of the molecule is CC(C)[C@@H](NS(=O)(=O)c1cccc(C(=O)NC2CC2)c1)C(=O)O. The summed E-state index contributed by atoms with van der Waals surface area (Å²) < 4.78 is 26.9. The Morgan fingerprint density at radius 3 is 2.43 bits per heavy atom. The van der Waals surface area contributed by atoms with E-state index in [1.807, 2.05) is 0 Å². The van der Waals surface area contributed by atoms with E-state index >= 15 is 0 Å². The van der Waals surface area contributed by atoms with Gasteiger partial charge in [0.05, 0.1) is 4.90 Å². The molecule has 8 heteroatoms. The van der Waals surface area contributed by atoms with E-state index < -0.39 is 28.0 Å². The van der Waals surface area contributed by atoms with Crippen LogP contribution < -0.4 is 10.0 Å². The highest BCUT2D eigenvalue weighted by atomic mass is 32.2. The van der Waals surface area contributed by atoms with E-state index in [9.17, 15) is 18.0 Å². The third-order valence-electron chi connectivity index (χ3n) is 3.53. The van der Waals surface area contributed by atoms with Gasteiger partial charge in [0.15, 0.2) is 0 Å². The fourth-order valence-electron chi connectivity index (χ4n) is 2.01. The van der Waals surface area contributed by atoms with Crippen LogP contribution in [0.5, 0.6) is 0 Å². The number of aliphatic carboxylic acids is 1. The van der Waals surface area contributed by atoms with Crippen molar-refractivity contribution >= 4 is 21.9 Å². The topological polar surface area (TPSA) is 113 Å². The molecule has 1 amide bonds. The number of carboxylic acids is 1. The molecule has 1 aromatic rings. The van der Waals surface area contributed by atoms with Gasteiger partial charge in [-0.05, 0) is 37.0 Å². The average Bonchev–Trinajstić information content (AvgIpc) is 3.28. The van der Waals surface area contributed by atoms with E-state index in [2.05, 4.69) is 10.0 Å². The summed E-state index contributed by atoms with van der Waals surface area (Å²) in [7, 11) is -4.03. The minimum absolute atomic E-state index is 0.132. The molecule has 1 saturated carbocycles. The highest BCUT2D eigenvalue weighted by Gasteiger charge is 2.29.